The van der Waals surface area contributed by atoms with Gasteiger partial charge in [0.15, 0.2) is 0 Å². The van der Waals surface area contributed by atoms with E-state index < -0.39 is 0 Å². The van der Waals surface area contributed by atoms with Gasteiger partial charge in [-0.2, -0.15) is 0 Å². The van der Waals surface area contributed by atoms with E-state index in [4.69, 9.17) is 4.74 Å². The first kappa shape index (κ1) is 14.4. The van der Waals surface area contributed by atoms with Crippen LogP contribution in [0.5, 0.6) is 0 Å². The highest BCUT2D eigenvalue weighted by Crippen LogP contribution is 2.30. The number of aromatic nitrogens is 2. The number of amides is 1. The molecule has 2 aliphatic heterocycles. The lowest BCUT2D eigenvalue weighted by Gasteiger charge is -2.47. The Labute approximate surface area is 125 Å². The standard InChI is InChI=1S/C15H22N4O2/c1-2-18-7-3-15(4-8-18)12-19(9-10-21-15)14(20)13-11-16-5-6-17-13/h5-6,11H,2-4,7-10,12H2,1H3. The number of ether oxygens (including phenoxy) is 1. The summed E-state index contributed by atoms with van der Waals surface area (Å²) in [7, 11) is 0. The third-order valence-electron chi connectivity index (χ3n) is 4.53. The Balaban J connectivity index is 1.67. The van der Waals surface area contributed by atoms with Crippen LogP contribution < -0.4 is 0 Å². The molecule has 6 heteroatoms. The second-order valence-electron chi connectivity index (χ2n) is 5.78. The summed E-state index contributed by atoms with van der Waals surface area (Å²) in [6, 6.07) is 0. The quantitative estimate of drug-likeness (QED) is 0.806. The first-order valence-electron chi connectivity index (χ1n) is 7.64. The summed E-state index contributed by atoms with van der Waals surface area (Å²) in [5.41, 5.74) is 0.252. The summed E-state index contributed by atoms with van der Waals surface area (Å²) in [6.45, 7) is 7.27. The van der Waals surface area contributed by atoms with Gasteiger partial charge >= 0.3 is 0 Å². The normalized spacial score (nSPS) is 22.4. The molecule has 0 saturated carbocycles. The minimum Gasteiger partial charge on any atom is -0.371 e. The van der Waals surface area contributed by atoms with Crippen LogP contribution in [0.15, 0.2) is 18.6 Å². The Hall–Kier alpha value is -1.53. The average molecular weight is 290 g/mol. The van der Waals surface area contributed by atoms with Crippen molar-refractivity contribution in [2.45, 2.75) is 25.4 Å². The lowest BCUT2D eigenvalue weighted by molar-refractivity contribution is -0.126. The molecule has 21 heavy (non-hydrogen) atoms. The fourth-order valence-corrected chi connectivity index (χ4v) is 3.17. The zero-order valence-corrected chi connectivity index (χ0v) is 12.5. The number of hydrogen-bond donors (Lipinski definition) is 0. The summed E-state index contributed by atoms with van der Waals surface area (Å²) in [4.78, 5) is 24.9. The number of nitrogens with zero attached hydrogens (tertiary/aromatic N) is 4. The van der Waals surface area contributed by atoms with E-state index in [1.807, 2.05) is 4.90 Å². The lowest BCUT2D eigenvalue weighted by Crippen LogP contribution is -2.58. The van der Waals surface area contributed by atoms with E-state index in [0.717, 1.165) is 32.5 Å². The van der Waals surface area contributed by atoms with Crippen molar-refractivity contribution < 1.29 is 9.53 Å². The van der Waals surface area contributed by atoms with Crippen molar-refractivity contribution >= 4 is 5.91 Å². The van der Waals surface area contributed by atoms with Crippen molar-refractivity contribution in [2.75, 3.05) is 39.3 Å². The molecular weight excluding hydrogens is 268 g/mol. The average Bonchev–Trinajstić information content (AvgIpc) is 2.56. The molecule has 6 nitrogen and oxygen atoms in total. The third kappa shape index (κ3) is 3.06. The SMILES string of the molecule is CCN1CCC2(CC1)CN(C(=O)c1cnccn1)CCO2. The van der Waals surface area contributed by atoms with Gasteiger partial charge in [-0.25, -0.2) is 4.98 Å². The highest BCUT2D eigenvalue weighted by atomic mass is 16.5. The van der Waals surface area contributed by atoms with Crippen molar-refractivity contribution in [2.24, 2.45) is 0 Å². The van der Waals surface area contributed by atoms with Gasteiger partial charge in [0.25, 0.3) is 5.91 Å². The minimum atomic E-state index is -0.165. The Morgan fingerprint density at radius 2 is 2.14 bits per heavy atom. The lowest BCUT2D eigenvalue weighted by atomic mass is 9.89. The van der Waals surface area contributed by atoms with Gasteiger partial charge in [0, 0.05) is 32.0 Å². The molecule has 0 atom stereocenters. The fourth-order valence-electron chi connectivity index (χ4n) is 3.17. The molecule has 1 aromatic rings. The Kier molecular flexibility index (Phi) is 4.17. The van der Waals surface area contributed by atoms with Gasteiger partial charge in [0.2, 0.25) is 0 Å². The van der Waals surface area contributed by atoms with Crippen molar-refractivity contribution in [1.29, 1.82) is 0 Å². The molecule has 3 heterocycles. The summed E-state index contributed by atoms with van der Waals surface area (Å²) in [6.07, 6.45) is 6.65. The van der Waals surface area contributed by atoms with Crippen LogP contribution in [0, 0.1) is 0 Å². The number of carbonyl (C=O) groups is 1. The molecule has 2 saturated heterocycles. The predicted octanol–water partition coefficient (Wildman–Crippen LogP) is 0.803. The van der Waals surface area contributed by atoms with Crippen LogP contribution in [0.4, 0.5) is 0 Å². The maximum absolute atomic E-state index is 12.5. The number of carbonyl (C=O) groups excluding carboxylic acids is 1. The molecule has 0 aliphatic carbocycles. The van der Waals surface area contributed by atoms with Crippen molar-refractivity contribution in [3.05, 3.63) is 24.3 Å². The molecule has 0 N–H and O–H groups in total. The van der Waals surface area contributed by atoms with E-state index in [9.17, 15) is 4.79 Å². The van der Waals surface area contributed by atoms with Crippen LogP contribution in [0.25, 0.3) is 0 Å². The summed E-state index contributed by atoms with van der Waals surface area (Å²) in [5, 5.41) is 0. The molecule has 0 aromatic carbocycles. The van der Waals surface area contributed by atoms with E-state index >= 15 is 0 Å². The van der Waals surface area contributed by atoms with Crippen LogP contribution in [0.2, 0.25) is 0 Å². The molecule has 0 radical (unpaired) electrons. The van der Waals surface area contributed by atoms with Crippen LogP contribution in [-0.2, 0) is 4.74 Å². The first-order valence-corrected chi connectivity index (χ1v) is 7.64. The molecule has 2 fully saturated rings. The Morgan fingerprint density at radius 1 is 1.33 bits per heavy atom. The van der Waals surface area contributed by atoms with Crippen LogP contribution in [-0.4, -0.2) is 70.6 Å². The van der Waals surface area contributed by atoms with Gasteiger partial charge < -0.3 is 14.5 Å². The number of piperidine rings is 1. The summed E-state index contributed by atoms with van der Waals surface area (Å²) >= 11 is 0. The largest absolute Gasteiger partial charge is 0.371 e. The van der Waals surface area contributed by atoms with Gasteiger partial charge in [0.1, 0.15) is 5.69 Å². The van der Waals surface area contributed by atoms with Gasteiger partial charge in [0.05, 0.1) is 24.9 Å². The predicted molar refractivity (Wildman–Crippen MR) is 78.0 cm³/mol. The summed E-state index contributed by atoms with van der Waals surface area (Å²) < 4.78 is 6.06. The Morgan fingerprint density at radius 3 is 2.81 bits per heavy atom. The van der Waals surface area contributed by atoms with Gasteiger partial charge in [-0.05, 0) is 19.4 Å². The fraction of sp³-hybridized carbons (Fsp3) is 0.667. The second-order valence-corrected chi connectivity index (χ2v) is 5.78. The number of morpholine rings is 1. The summed E-state index contributed by atoms with van der Waals surface area (Å²) in [5.74, 6) is -0.0382. The second kappa shape index (κ2) is 6.07. The zero-order valence-electron chi connectivity index (χ0n) is 12.5. The van der Waals surface area contributed by atoms with Crippen LogP contribution >= 0.6 is 0 Å². The number of rotatable bonds is 2. The van der Waals surface area contributed by atoms with Gasteiger partial charge in [-0.1, -0.05) is 6.92 Å². The Bertz CT molecular complexity index is 486. The van der Waals surface area contributed by atoms with Crippen molar-refractivity contribution in [3.63, 3.8) is 0 Å². The molecule has 1 amide bonds. The van der Waals surface area contributed by atoms with E-state index in [1.165, 1.54) is 6.20 Å². The molecule has 1 aromatic heterocycles. The van der Waals surface area contributed by atoms with Crippen molar-refractivity contribution in [1.82, 2.24) is 19.8 Å². The molecule has 114 valence electrons. The van der Waals surface area contributed by atoms with E-state index in [1.54, 1.807) is 12.4 Å². The maximum Gasteiger partial charge on any atom is 0.274 e. The van der Waals surface area contributed by atoms with E-state index in [2.05, 4.69) is 21.8 Å². The van der Waals surface area contributed by atoms with Gasteiger partial charge in [-0.3, -0.25) is 9.78 Å². The highest BCUT2D eigenvalue weighted by Gasteiger charge is 2.41. The number of likely N-dealkylation sites (tertiary alicyclic amines) is 1. The topological polar surface area (TPSA) is 58.6 Å². The molecule has 2 aliphatic rings. The monoisotopic (exact) mass is 290 g/mol. The molecule has 0 unspecified atom stereocenters. The molecular formula is C15H22N4O2. The molecule has 3 rings (SSSR count). The number of hydrogen-bond acceptors (Lipinski definition) is 5. The minimum absolute atomic E-state index is 0.0382. The van der Waals surface area contributed by atoms with Crippen LogP contribution in [0.1, 0.15) is 30.3 Å². The third-order valence-corrected chi connectivity index (χ3v) is 4.53. The zero-order chi connectivity index (χ0) is 14.7. The van der Waals surface area contributed by atoms with E-state index in [-0.39, 0.29) is 11.5 Å². The highest BCUT2D eigenvalue weighted by molar-refractivity contribution is 5.92. The molecule has 1 spiro atoms. The maximum atomic E-state index is 12.5. The van der Waals surface area contributed by atoms with Crippen LogP contribution in [0.3, 0.4) is 0 Å². The molecule has 0 bridgehead atoms. The smallest absolute Gasteiger partial charge is 0.274 e. The van der Waals surface area contributed by atoms with E-state index in [0.29, 0.717) is 25.4 Å². The van der Waals surface area contributed by atoms with Gasteiger partial charge in [-0.15, -0.1) is 0 Å². The first-order chi connectivity index (χ1) is 10.2. The van der Waals surface area contributed by atoms with Crippen molar-refractivity contribution in [3.8, 4) is 0 Å².